The molecule has 0 spiro atoms. The van der Waals surface area contributed by atoms with E-state index in [4.69, 9.17) is 4.74 Å². The smallest absolute Gasteiger partial charge is 0.223 e. The van der Waals surface area contributed by atoms with E-state index in [0.29, 0.717) is 13.2 Å². The first-order chi connectivity index (χ1) is 13.6. The number of nitrogens with one attached hydrogen (secondary N) is 1. The molecule has 150 valence electrons. The Bertz CT molecular complexity index is 723. The van der Waals surface area contributed by atoms with Crippen molar-refractivity contribution in [3.63, 3.8) is 0 Å². The first kappa shape index (κ1) is 20.4. The zero-order valence-electron chi connectivity index (χ0n) is 16.5. The van der Waals surface area contributed by atoms with E-state index in [1.807, 2.05) is 30.3 Å². The molecule has 28 heavy (non-hydrogen) atoms. The van der Waals surface area contributed by atoms with Gasteiger partial charge in [-0.05, 0) is 56.1 Å². The fourth-order valence-corrected chi connectivity index (χ4v) is 3.44. The Kier molecular flexibility index (Phi) is 7.46. The number of likely N-dealkylation sites (tertiary alicyclic amines) is 1. The van der Waals surface area contributed by atoms with Gasteiger partial charge in [0.1, 0.15) is 12.4 Å². The third-order valence-corrected chi connectivity index (χ3v) is 5.11. The van der Waals surface area contributed by atoms with E-state index in [0.717, 1.165) is 43.8 Å². The normalized spacial score (nSPS) is 16.5. The van der Waals surface area contributed by atoms with Crippen LogP contribution in [-0.4, -0.2) is 41.7 Å². The molecule has 0 aliphatic carbocycles. The molecule has 1 fully saturated rings. The molecule has 1 aliphatic heterocycles. The van der Waals surface area contributed by atoms with Gasteiger partial charge in [-0.2, -0.15) is 0 Å². The highest BCUT2D eigenvalue weighted by Crippen LogP contribution is 2.21. The van der Waals surface area contributed by atoms with Crippen molar-refractivity contribution in [2.24, 2.45) is 5.92 Å². The molecule has 0 aromatic heterocycles. The zero-order chi connectivity index (χ0) is 19.8. The molecule has 0 unspecified atom stereocenters. The highest BCUT2D eigenvalue weighted by atomic mass is 16.5. The van der Waals surface area contributed by atoms with Gasteiger partial charge in [0.2, 0.25) is 5.91 Å². The van der Waals surface area contributed by atoms with Crippen molar-refractivity contribution in [1.29, 1.82) is 0 Å². The molecule has 2 aromatic carbocycles. The topological polar surface area (TPSA) is 61.8 Å². The lowest BCUT2D eigenvalue weighted by atomic mass is 9.95. The predicted molar refractivity (Wildman–Crippen MR) is 110 cm³/mol. The van der Waals surface area contributed by atoms with Crippen LogP contribution in [0.3, 0.4) is 0 Å². The molecule has 0 bridgehead atoms. The Balaban J connectivity index is 1.41. The van der Waals surface area contributed by atoms with Crippen LogP contribution < -0.4 is 10.1 Å². The molecule has 5 nitrogen and oxygen atoms in total. The van der Waals surface area contributed by atoms with E-state index in [9.17, 15) is 9.90 Å². The maximum absolute atomic E-state index is 12.1. The van der Waals surface area contributed by atoms with Crippen LogP contribution in [0.2, 0.25) is 0 Å². The minimum atomic E-state index is -0.497. The molecule has 0 saturated carbocycles. The van der Waals surface area contributed by atoms with Crippen LogP contribution in [0.5, 0.6) is 5.75 Å². The molecular weight excluding hydrogens is 352 g/mol. The summed E-state index contributed by atoms with van der Waals surface area (Å²) in [5.41, 5.74) is 2.41. The first-order valence-corrected chi connectivity index (χ1v) is 10.0. The number of carbonyl (C=O) groups is 1. The lowest BCUT2D eigenvalue weighted by molar-refractivity contribution is -0.126. The van der Waals surface area contributed by atoms with E-state index in [-0.39, 0.29) is 11.8 Å². The summed E-state index contributed by atoms with van der Waals surface area (Å²) in [4.78, 5) is 14.5. The van der Waals surface area contributed by atoms with E-state index >= 15 is 0 Å². The van der Waals surface area contributed by atoms with Crippen LogP contribution in [0, 0.1) is 5.92 Å². The van der Waals surface area contributed by atoms with Crippen molar-refractivity contribution < 1.29 is 14.6 Å². The minimum absolute atomic E-state index is 0.0590. The summed E-state index contributed by atoms with van der Waals surface area (Å²) in [5, 5.41) is 12.1. The molecule has 1 aliphatic rings. The summed E-state index contributed by atoms with van der Waals surface area (Å²) in [5.74, 6) is 1.00. The van der Waals surface area contributed by atoms with Crippen molar-refractivity contribution in [3.05, 3.63) is 65.7 Å². The van der Waals surface area contributed by atoms with Gasteiger partial charge in [-0.3, -0.25) is 9.69 Å². The second-order valence-electron chi connectivity index (χ2n) is 7.56. The summed E-state index contributed by atoms with van der Waals surface area (Å²) in [6.45, 7) is 5.31. The number of hydrogen-bond acceptors (Lipinski definition) is 4. The van der Waals surface area contributed by atoms with Gasteiger partial charge in [-0.1, -0.05) is 42.5 Å². The predicted octanol–water partition coefficient (Wildman–Crippen LogP) is 2.97. The van der Waals surface area contributed by atoms with Gasteiger partial charge in [-0.15, -0.1) is 0 Å². The standard InChI is InChI=1S/C23H30N2O3/c1-18(26)15-24-23(27)21-11-13-25(14-12-21)16-19-7-9-22(10-8-19)28-17-20-5-3-2-4-6-20/h2-10,18,21,26H,11-17H2,1H3,(H,24,27)/t18-/m0/s1. The zero-order valence-corrected chi connectivity index (χ0v) is 16.5. The summed E-state index contributed by atoms with van der Waals surface area (Å²) in [7, 11) is 0. The molecule has 1 atom stereocenters. The maximum Gasteiger partial charge on any atom is 0.223 e. The quantitative estimate of drug-likeness (QED) is 0.737. The van der Waals surface area contributed by atoms with Crippen molar-refractivity contribution in [1.82, 2.24) is 10.2 Å². The Hall–Kier alpha value is -2.37. The van der Waals surface area contributed by atoms with Gasteiger partial charge in [0.15, 0.2) is 0 Å². The SMILES string of the molecule is C[C@H](O)CNC(=O)C1CCN(Cc2ccc(OCc3ccccc3)cc2)CC1. The largest absolute Gasteiger partial charge is 0.489 e. The van der Waals surface area contributed by atoms with E-state index < -0.39 is 6.10 Å². The van der Waals surface area contributed by atoms with Gasteiger partial charge >= 0.3 is 0 Å². The molecule has 1 saturated heterocycles. The molecular formula is C23H30N2O3. The van der Waals surface area contributed by atoms with E-state index in [1.165, 1.54) is 5.56 Å². The highest BCUT2D eigenvalue weighted by Gasteiger charge is 2.24. The Morgan fingerprint density at radius 3 is 2.43 bits per heavy atom. The number of hydrogen-bond donors (Lipinski definition) is 2. The summed E-state index contributed by atoms with van der Waals surface area (Å²) >= 11 is 0. The van der Waals surface area contributed by atoms with Crippen molar-refractivity contribution in [2.45, 2.75) is 39.0 Å². The fourth-order valence-electron chi connectivity index (χ4n) is 3.44. The molecule has 5 heteroatoms. The van der Waals surface area contributed by atoms with Crippen LogP contribution in [0.4, 0.5) is 0 Å². The molecule has 0 radical (unpaired) electrons. The van der Waals surface area contributed by atoms with Gasteiger partial charge in [0.25, 0.3) is 0 Å². The second kappa shape index (κ2) is 10.2. The van der Waals surface area contributed by atoms with E-state index in [2.05, 4.69) is 34.5 Å². The summed E-state index contributed by atoms with van der Waals surface area (Å²) in [6.07, 6.45) is 1.23. The number of amides is 1. The molecule has 2 N–H and O–H groups in total. The van der Waals surface area contributed by atoms with Crippen LogP contribution in [-0.2, 0) is 17.9 Å². The van der Waals surface area contributed by atoms with Crippen molar-refractivity contribution in [3.8, 4) is 5.75 Å². The number of carbonyl (C=O) groups excluding carboxylic acids is 1. The van der Waals surface area contributed by atoms with Gasteiger partial charge in [0, 0.05) is 19.0 Å². The molecule has 2 aromatic rings. The summed E-state index contributed by atoms with van der Waals surface area (Å²) < 4.78 is 5.84. The average molecular weight is 383 g/mol. The summed E-state index contributed by atoms with van der Waals surface area (Å²) in [6, 6.07) is 18.4. The number of aliphatic hydroxyl groups excluding tert-OH is 1. The number of benzene rings is 2. The first-order valence-electron chi connectivity index (χ1n) is 10.0. The third-order valence-electron chi connectivity index (χ3n) is 5.11. The van der Waals surface area contributed by atoms with Crippen LogP contribution in [0.15, 0.2) is 54.6 Å². The lowest BCUT2D eigenvalue weighted by Crippen LogP contribution is -2.41. The number of nitrogens with zero attached hydrogens (tertiary/aromatic N) is 1. The van der Waals surface area contributed by atoms with Crippen molar-refractivity contribution in [2.75, 3.05) is 19.6 Å². The Morgan fingerprint density at radius 1 is 1.11 bits per heavy atom. The number of aliphatic hydroxyl groups is 1. The lowest BCUT2D eigenvalue weighted by Gasteiger charge is -2.31. The molecule has 1 amide bonds. The Labute approximate surface area is 167 Å². The van der Waals surface area contributed by atoms with Crippen molar-refractivity contribution >= 4 is 5.91 Å². The second-order valence-corrected chi connectivity index (χ2v) is 7.56. The van der Waals surface area contributed by atoms with Crippen LogP contribution in [0.1, 0.15) is 30.9 Å². The third kappa shape index (κ3) is 6.36. The monoisotopic (exact) mass is 382 g/mol. The number of rotatable bonds is 8. The van der Waals surface area contributed by atoms with Crippen LogP contribution >= 0.6 is 0 Å². The van der Waals surface area contributed by atoms with Gasteiger partial charge in [0.05, 0.1) is 6.10 Å². The highest BCUT2D eigenvalue weighted by molar-refractivity contribution is 5.78. The maximum atomic E-state index is 12.1. The van der Waals surface area contributed by atoms with E-state index in [1.54, 1.807) is 6.92 Å². The average Bonchev–Trinajstić information content (AvgIpc) is 2.73. The molecule has 1 heterocycles. The fraction of sp³-hybridized carbons (Fsp3) is 0.435. The van der Waals surface area contributed by atoms with Gasteiger partial charge in [-0.25, -0.2) is 0 Å². The number of ether oxygens (including phenoxy) is 1. The minimum Gasteiger partial charge on any atom is -0.489 e. The molecule has 3 rings (SSSR count). The van der Waals surface area contributed by atoms with Crippen LogP contribution in [0.25, 0.3) is 0 Å². The Morgan fingerprint density at radius 2 is 1.79 bits per heavy atom. The number of piperidine rings is 1. The van der Waals surface area contributed by atoms with Gasteiger partial charge < -0.3 is 15.2 Å².